The fourth-order valence-electron chi connectivity index (χ4n) is 1.97. The number of guanidine groups is 1. The van der Waals surface area contributed by atoms with Crippen LogP contribution >= 0.6 is 24.0 Å². The Morgan fingerprint density at radius 2 is 1.72 bits per heavy atom. The van der Waals surface area contributed by atoms with E-state index in [2.05, 4.69) is 15.6 Å². The van der Waals surface area contributed by atoms with Crippen LogP contribution in [0.1, 0.15) is 13.8 Å². The molecule has 0 radical (unpaired) electrons. The van der Waals surface area contributed by atoms with E-state index in [1.165, 1.54) is 7.11 Å². The number of aliphatic imine (C=N–C) groups is 1. The summed E-state index contributed by atoms with van der Waals surface area (Å²) in [5, 5.41) is 6.24. The molecule has 0 bridgehead atoms. The number of para-hydroxylation sites is 2. The van der Waals surface area contributed by atoms with Gasteiger partial charge in [-0.25, -0.2) is 0 Å². The van der Waals surface area contributed by atoms with Crippen LogP contribution in [0.4, 0.5) is 0 Å². The number of nitrogens with one attached hydrogen (secondary N) is 2. The molecule has 0 aliphatic heterocycles. The van der Waals surface area contributed by atoms with Crippen molar-refractivity contribution in [3.8, 4) is 11.5 Å². The Kier molecular flexibility index (Phi) is 11.8. The van der Waals surface area contributed by atoms with Gasteiger partial charge in [-0.3, -0.25) is 9.79 Å². The SMILES string of the molecule is CN=C(NCC(C)Oc1ccccc1OC)NCC(C)C(=O)OC.I. The average molecular weight is 465 g/mol. The first-order valence-corrected chi connectivity index (χ1v) is 7.83. The van der Waals surface area contributed by atoms with Gasteiger partial charge in [-0.15, -0.1) is 24.0 Å². The lowest BCUT2D eigenvalue weighted by Crippen LogP contribution is -2.44. The van der Waals surface area contributed by atoms with Crippen molar-refractivity contribution in [3.63, 3.8) is 0 Å². The molecular formula is C17H28IN3O4. The summed E-state index contributed by atoms with van der Waals surface area (Å²) < 4.78 is 15.8. The number of methoxy groups -OCH3 is 2. The number of nitrogens with zero attached hydrogens (tertiary/aromatic N) is 1. The number of carbonyl (C=O) groups excluding carboxylic acids is 1. The van der Waals surface area contributed by atoms with Crippen molar-refractivity contribution in [2.24, 2.45) is 10.9 Å². The lowest BCUT2D eigenvalue weighted by atomic mass is 10.2. The molecule has 7 nitrogen and oxygen atoms in total. The van der Waals surface area contributed by atoms with E-state index in [1.807, 2.05) is 31.2 Å². The second-order valence-electron chi connectivity index (χ2n) is 5.34. The Balaban J connectivity index is 0.00000576. The maximum absolute atomic E-state index is 11.4. The molecule has 0 fully saturated rings. The topological polar surface area (TPSA) is 81.2 Å². The van der Waals surface area contributed by atoms with Crippen LogP contribution < -0.4 is 20.1 Å². The second-order valence-corrected chi connectivity index (χ2v) is 5.34. The number of rotatable bonds is 8. The molecule has 0 heterocycles. The molecule has 0 saturated heterocycles. The van der Waals surface area contributed by atoms with Crippen LogP contribution in [-0.4, -0.2) is 52.4 Å². The van der Waals surface area contributed by atoms with Crippen molar-refractivity contribution in [1.82, 2.24) is 10.6 Å². The Hall–Kier alpha value is -1.71. The Labute approximate surface area is 166 Å². The van der Waals surface area contributed by atoms with E-state index < -0.39 is 0 Å². The van der Waals surface area contributed by atoms with E-state index in [9.17, 15) is 4.79 Å². The predicted molar refractivity (Wildman–Crippen MR) is 109 cm³/mol. The molecule has 0 aromatic heterocycles. The summed E-state index contributed by atoms with van der Waals surface area (Å²) in [6, 6.07) is 7.50. The van der Waals surface area contributed by atoms with E-state index >= 15 is 0 Å². The minimum absolute atomic E-state index is 0. The van der Waals surface area contributed by atoms with Gasteiger partial charge < -0.3 is 24.8 Å². The molecular weight excluding hydrogens is 437 g/mol. The van der Waals surface area contributed by atoms with Crippen LogP contribution in [0.25, 0.3) is 0 Å². The quantitative estimate of drug-likeness (QED) is 0.265. The largest absolute Gasteiger partial charge is 0.493 e. The highest BCUT2D eigenvalue weighted by molar-refractivity contribution is 14.0. The van der Waals surface area contributed by atoms with Crippen LogP contribution in [0.2, 0.25) is 0 Å². The Morgan fingerprint density at radius 1 is 1.12 bits per heavy atom. The fourth-order valence-corrected chi connectivity index (χ4v) is 1.97. The average Bonchev–Trinajstić information content (AvgIpc) is 2.61. The minimum atomic E-state index is -0.258. The maximum Gasteiger partial charge on any atom is 0.310 e. The maximum atomic E-state index is 11.4. The van der Waals surface area contributed by atoms with E-state index in [0.717, 1.165) is 0 Å². The highest BCUT2D eigenvalue weighted by Gasteiger charge is 2.14. The molecule has 25 heavy (non-hydrogen) atoms. The van der Waals surface area contributed by atoms with Gasteiger partial charge in [-0.2, -0.15) is 0 Å². The van der Waals surface area contributed by atoms with E-state index in [-0.39, 0.29) is 42.0 Å². The number of hydrogen-bond acceptors (Lipinski definition) is 5. The summed E-state index contributed by atoms with van der Waals surface area (Å²) in [5.74, 6) is 1.47. The molecule has 0 spiro atoms. The molecule has 1 aromatic carbocycles. The summed E-state index contributed by atoms with van der Waals surface area (Å²) in [4.78, 5) is 15.5. The molecule has 2 atom stereocenters. The fraction of sp³-hybridized carbons (Fsp3) is 0.529. The number of halogens is 1. The van der Waals surface area contributed by atoms with Crippen LogP contribution in [0.5, 0.6) is 11.5 Å². The first-order chi connectivity index (χ1) is 11.5. The van der Waals surface area contributed by atoms with Crippen molar-refractivity contribution >= 4 is 35.9 Å². The van der Waals surface area contributed by atoms with Gasteiger partial charge in [-0.1, -0.05) is 19.1 Å². The van der Waals surface area contributed by atoms with Crippen molar-refractivity contribution in [3.05, 3.63) is 24.3 Å². The molecule has 2 N–H and O–H groups in total. The van der Waals surface area contributed by atoms with Gasteiger partial charge in [0.05, 0.1) is 26.7 Å². The smallest absolute Gasteiger partial charge is 0.310 e. The standard InChI is InChI=1S/C17H27N3O4.HI/c1-12(16(21)23-5)10-19-17(18-3)20-11-13(2)24-15-9-7-6-8-14(15)22-4;/h6-9,12-13H,10-11H2,1-5H3,(H2,18,19,20);1H. The van der Waals surface area contributed by atoms with Crippen molar-refractivity contribution in [2.45, 2.75) is 20.0 Å². The van der Waals surface area contributed by atoms with Gasteiger partial charge in [0.1, 0.15) is 6.10 Å². The zero-order chi connectivity index (χ0) is 17.9. The van der Waals surface area contributed by atoms with Crippen LogP contribution in [-0.2, 0) is 9.53 Å². The number of benzene rings is 1. The van der Waals surface area contributed by atoms with Gasteiger partial charge in [-0.05, 0) is 19.1 Å². The third kappa shape index (κ3) is 8.28. The third-order valence-corrected chi connectivity index (χ3v) is 3.36. The summed E-state index contributed by atoms with van der Waals surface area (Å²) >= 11 is 0. The van der Waals surface area contributed by atoms with Crippen molar-refractivity contribution in [1.29, 1.82) is 0 Å². The number of hydrogen-bond donors (Lipinski definition) is 2. The van der Waals surface area contributed by atoms with Gasteiger partial charge >= 0.3 is 5.97 Å². The van der Waals surface area contributed by atoms with Gasteiger partial charge in [0.15, 0.2) is 17.5 Å². The molecule has 8 heteroatoms. The number of carbonyl (C=O) groups is 1. The zero-order valence-electron chi connectivity index (χ0n) is 15.4. The van der Waals surface area contributed by atoms with Crippen molar-refractivity contribution < 1.29 is 19.0 Å². The lowest BCUT2D eigenvalue weighted by molar-refractivity contribution is -0.144. The molecule has 2 unspecified atom stereocenters. The first-order valence-electron chi connectivity index (χ1n) is 7.83. The highest BCUT2D eigenvalue weighted by Crippen LogP contribution is 2.26. The molecule has 142 valence electrons. The van der Waals surface area contributed by atoms with Gasteiger partial charge in [0, 0.05) is 13.6 Å². The van der Waals surface area contributed by atoms with E-state index in [1.54, 1.807) is 21.1 Å². The normalized spacial score (nSPS) is 13.1. The minimum Gasteiger partial charge on any atom is -0.493 e. The van der Waals surface area contributed by atoms with Crippen LogP contribution in [0, 0.1) is 5.92 Å². The molecule has 1 rings (SSSR count). The van der Waals surface area contributed by atoms with Gasteiger partial charge in [0.2, 0.25) is 0 Å². The van der Waals surface area contributed by atoms with Crippen LogP contribution in [0.3, 0.4) is 0 Å². The summed E-state index contributed by atoms with van der Waals surface area (Å²) in [7, 11) is 4.66. The van der Waals surface area contributed by atoms with E-state index in [4.69, 9.17) is 14.2 Å². The molecule has 0 aliphatic carbocycles. The monoisotopic (exact) mass is 465 g/mol. The first kappa shape index (κ1) is 23.3. The molecule has 0 aliphatic rings. The van der Waals surface area contributed by atoms with Crippen molar-refractivity contribution in [2.75, 3.05) is 34.4 Å². The number of esters is 1. The third-order valence-electron chi connectivity index (χ3n) is 3.36. The Bertz CT molecular complexity index is 554. The summed E-state index contributed by atoms with van der Waals surface area (Å²) in [5.41, 5.74) is 0. The second kappa shape index (κ2) is 12.6. The zero-order valence-corrected chi connectivity index (χ0v) is 17.7. The van der Waals surface area contributed by atoms with Gasteiger partial charge in [0.25, 0.3) is 0 Å². The molecule has 0 saturated carbocycles. The Morgan fingerprint density at radius 3 is 2.28 bits per heavy atom. The highest BCUT2D eigenvalue weighted by atomic mass is 127. The summed E-state index contributed by atoms with van der Waals surface area (Å²) in [6.45, 7) is 4.72. The van der Waals surface area contributed by atoms with Crippen LogP contribution in [0.15, 0.2) is 29.3 Å². The summed E-state index contributed by atoms with van der Waals surface area (Å²) in [6.07, 6.45) is -0.0992. The molecule has 1 aromatic rings. The number of ether oxygens (including phenoxy) is 3. The lowest BCUT2D eigenvalue weighted by Gasteiger charge is -2.19. The molecule has 0 amide bonds. The predicted octanol–water partition coefficient (Wildman–Crippen LogP) is 2.05. The van der Waals surface area contributed by atoms with E-state index in [0.29, 0.717) is 30.5 Å².